The van der Waals surface area contributed by atoms with E-state index < -0.39 is 0 Å². The number of nitrogens with one attached hydrogen (secondary N) is 1. The second-order valence-corrected chi connectivity index (χ2v) is 7.08. The lowest BCUT2D eigenvalue weighted by Gasteiger charge is -2.40. The monoisotopic (exact) mass is 354 g/mol. The molecule has 3 aromatic rings. The van der Waals surface area contributed by atoms with Gasteiger partial charge in [-0.25, -0.2) is 4.98 Å². The van der Waals surface area contributed by atoms with Crippen LogP contribution in [0.3, 0.4) is 0 Å². The maximum absolute atomic E-state index is 9.49. The minimum atomic E-state index is 0.205. The molecule has 0 bridgehead atoms. The number of hydrogen-bond acceptors (Lipinski definition) is 5. The molecule has 1 saturated heterocycles. The predicted octanol–water partition coefficient (Wildman–Crippen LogP) is 2.53. The van der Waals surface area contributed by atoms with Gasteiger partial charge in [0.2, 0.25) is 0 Å². The zero-order valence-electron chi connectivity index (χ0n) is 15.2. The number of furan rings is 1. The van der Waals surface area contributed by atoms with Crippen molar-refractivity contribution in [2.75, 3.05) is 26.2 Å². The third-order valence-electron chi connectivity index (χ3n) is 5.12. The molecule has 1 fully saturated rings. The number of H-pyrrole nitrogens is 1. The second kappa shape index (κ2) is 7.61. The molecule has 1 aromatic carbocycles. The highest BCUT2D eigenvalue weighted by Crippen LogP contribution is 2.20. The molecule has 0 aliphatic carbocycles. The molecule has 1 aliphatic rings. The SMILES string of the molecule is Cc1ccc(CN2CCN(Cc3nc4ccccc4[nH]3)CC2CCO)o1. The molecular formula is C20H26N4O2. The normalized spacial score (nSPS) is 19.4. The standard InChI is InChI=1S/C20H26N4O2/c1-15-6-7-17(26-15)13-24-10-9-23(12-16(24)8-11-25)14-20-21-18-4-2-3-5-19(18)22-20/h2-7,16,25H,8-14H2,1H3,(H,21,22). The molecular weight excluding hydrogens is 328 g/mol. The van der Waals surface area contributed by atoms with Gasteiger partial charge in [0, 0.05) is 32.3 Å². The summed E-state index contributed by atoms with van der Waals surface area (Å²) in [5, 5.41) is 9.49. The molecule has 1 unspecified atom stereocenters. The Bertz CT molecular complexity index is 823. The van der Waals surface area contributed by atoms with Crippen molar-refractivity contribution in [3.8, 4) is 0 Å². The van der Waals surface area contributed by atoms with Crippen molar-refractivity contribution in [3.05, 3.63) is 53.7 Å². The van der Waals surface area contributed by atoms with Crippen molar-refractivity contribution < 1.29 is 9.52 Å². The summed E-state index contributed by atoms with van der Waals surface area (Å²) in [5.74, 6) is 2.95. The second-order valence-electron chi connectivity index (χ2n) is 7.08. The van der Waals surface area contributed by atoms with Crippen molar-refractivity contribution in [2.24, 2.45) is 0 Å². The molecule has 6 heteroatoms. The Labute approximate surface area is 153 Å². The fraction of sp³-hybridized carbons (Fsp3) is 0.450. The Morgan fingerprint density at radius 1 is 1.19 bits per heavy atom. The lowest BCUT2D eigenvalue weighted by atomic mass is 10.1. The molecule has 1 aliphatic heterocycles. The van der Waals surface area contributed by atoms with Crippen LogP contribution in [-0.2, 0) is 13.1 Å². The number of piperazine rings is 1. The number of fused-ring (bicyclic) bond motifs is 1. The van der Waals surface area contributed by atoms with Crippen LogP contribution in [0.1, 0.15) is 23.8 Å². The van der Waals surface area contributed by atoms with Crippen LogP contribution in [0.5, 0.6) is 0 Å². The van der Waals surface area contributed by atoms with E-state index in [0.717, 1.165) is 67.5 Å². The van der Waals surface area contributed by atoms with Gasteiger partial charge in [-0.1, -0.05) is 12.1 Å². The van der Waals surface area contributed by atoms with Gasteiger partial charge in [0.1, 0.15) is 17.3 Å². The van der Waals surface area contributed by atoms with Gasteiger partial charge in [-0.05, 0) is 37.6 Å². The van der Waals surface area contributed by atoms with E-state index in [1.807, 2.05) is 37.3 Å². The third-order valence-corrected chi connectivity index (χ3v) is 5.12. The first-order valence-electron chi connectivity index (χ1n) is 9.27. The van der Waals surface area contributed by atoms with Gasteiger partial charge >= 0.3 is 0 Å². The quantitative estimate of drug-likeness (QED) is 0.712. The van der Waals surface area contributed by atoms with E-state index in [9.17, 15) is 5.11 Å². The van der Waals surface area contributed by atoms with Gasteiger partial charge in [-0.15, -0.1) is 0 Å². The highest BCUT2D eigenvalue weighted by atomic mass is 16.3. The number of aliphatic hydroxyl groups is 1. The number of nitrogens with zero attached hydrogens (tertiary/aromatic N) is 3. The van der Waals surface area contributed by atoms with E-state index in [1.165, 1.54) is 0 Å². The van der Waals surface area contributed by atoms with Crippen LogP contribution >= 0.6 is 0 Å². The van der Waals surface area contributed by atoms with Crippen molar-refractivity contribution in [1.82, 2.24) is 19.8 Å². The van der Waals surface area contributed by atoms with Crippen molar-refractivity contribution in [2.45, 2.75) is 32.5 Å². The van der Waals surface area contributed by atoms with Gasteiger partial charge < -0.3 is 14.5 Å². The Morgan fingerprint density at radius 3 is 2.85 bits per heavy atom. The molecule has 3 heterocycles. The zero-order valence-corrected chi connectivity index (χ0v) is 15.2. The third kappa shape index (κ3) is 3.82. The molecule has 4 rings (SSSR count). The maximum atomic E-state index is 9.49. The summed E-state index contributed by atoms with van der Waals surface area (Å²) < 4.78 is 5.74. The fourth-order valence-corrected chi connectivity index (χ4v) is 3.79. The van der Waals surface area contributed by atoms with Crippen molar-refractivity contribution in [1.29, 1.82) is 0 Å². The smallest absolute Gasteiger partial charge is 0.121 e. The van der Waals surface area contributed by atoms with Gasteiger partial charge in [-0.3, -0.25) is 9.80 Å². The van der Waals surface area contributed by atoms with E-state index in [4.69, 9.17) is 9.40 Å². The Kier molecular flexibility index (Phi) is 5.06. The van der Waals surface area contributed by atoms with Crippen LogP contribution in [0.25, 0.3) is 11.0 Å². The molecule has 6 nitrogen and oxygen atoms in total. The number of aryl methyl sites for hydroxylation is 1. The van der Waals surface area contributed by atoms with Gasteiger partial charge in [0.15, 0.2) is 0 Å². The molecule has 2 aromatic heterocycles. The van der Waals surface area contributed by atoms with Gasteiger partial charge in [0.25, 0.3) is 0 Å². The molecule has 0 spiro atoms. The largest absolute Gasteiger partial charge is 0.465 e. The molecule has 1 atom stereocenters. The average molecular weight is 354 g/mol. The number of aromatic amines is 1. The first-order chi connectivity index (χ1) is 12.7. The number of hydrogen-bond donors (Lipinski definition) is 2. The van der Waals surface area contributed by atoms with Crippen LogP contribution in [0, 0.1) is 6.92 Å². The van der Waals surface area contributed by atoms with Crippen LogP contribution in [0.2, 0.25) is 0 Å². The minimum Gasteiger partial charge on any atom is -0.465 e. The summed E-state index contributed by atoms with van der Waals surface area (Å²) in [6, 6.07) is 12.5. The number of para-hydroxylation sites is 2. The molecule has 26 heavy (non-hydrogen) atoms. The summed E-state index contributed by atoms with van der Waals surface area (Å²) in [5.41, 5.74) is 2.10. The highest BCUT2D eigenvalue weighted by Gasteiger charge is 2.27. The first-order valence-corrected chi connectivity index (χ1v) is 9.27. The molecule has 138 valence electrons. The zero-order chi connectivity index (χ0) is 17.9. The topological polar surface area (TPSA) is 68.5 Å². The number of rotatable bonds is 6. The van der Waals surface area contributed by atoms with Crippen molar-refractivity contribution >= 4 is 11.0 Å². The average Bonchev–Trinajstić information content (AvgIpc) is 3.22. The van der Waals surface area contributed by atoms with E-state index in [2.05, 4.69) is 20.9 Å². The molecule has 2 N–H and O–H groups in total. The van der Waals surface area contributed by atoms with E-state index in [1.54, 1.807) is 0 Å². The molecule has 0 saturated carbocycles. The molecule has 0 radical (unpaired) electrons. The lowest BCUT2D eigenvalue weighted by Crippen LogP contribution is -2.52. The number of aromatic nitrogens is 2. The summed E-state index contributed by atoms with van der Waals surface area (Å²) in [4.78, 5) is 12.9. The van der Waals surface area contributed by atoms with E-state index in [-0.39, 0.29) is 6.61 Å². The Balaban J connectivity index is 1.41. The van der Waals surface area contributed by atoms with E-state index in [0.29, 0.717) is 6.04 Å². The fourth-order valence-electron chi connectivity index (χ4n) is 3.79. The summed E-state index contributed by atoms with van der Waals surface area (Å²) in [6.07, 6.45) is 0.774. The van der Waals surface area contributed by atoms with Crippen molar-refractivity contribution in [3.63, 3.8) is 0 Å². The van der Waals surface area contributed by atoms with Crippen LogP contribution < -0.4 is 0 Å². The highest BCUT2D eigenvalue weighted by molar-refractivity contribution is 5.74. The van der Waals surface area contributed by atoms with E-state index >= 15 is 0 Å². The summed E-state index contributed by atoms with van der Waals surface area (Å²) >= 11 is 0. The van der Waals surface area contributed by atoms with Crippen LogP contribution in [-0.4, -0.2) is 57.2 Å². The van der Waals surface area contributed by atoms with Gasteiger partial charge in [0.05, 0.1) is 24.1 Å². The molecule has 0 amide bonds. The summed E-state index contributed by atoms with van der Waals surface area (Å²) in [7, 11) is 0. The maximum Gasteiger partial charge on any atom is 0.121 e. The van der Waals surface area contributed by atoms with Gasteiger partial charge in [-0.2, -0.15) is 0 Å². The minimum absolute atomic E-state index is 0.205. The number of aliphatic hydroxyl groups excluding tert-OH is 1. The Morgan fingerprint density at radius 2 is 2.08 bits per heavy atom. The number of imidazole rings is 1. The van der Waals surface area contributed by atoms with Crippen LogP contribution in [0.4, 0.5) is 0 Å². The van der Waals surface area contributed by atoms with Crippen LogP contribution in [0.15, 0.2) is 40.8 Å². The number of benzene rings is 1. The lowest BCUT2D eigenvalue weighted by molar-refractivity contribution is 0.0444. The first kappa shape index (κ1) is 17.3. The Hall–Kier alpha value is -2.15. The predicted molar refractivity (Wildman–Crippen MR) is 101 cm³/mol. The summed E-state index contributed by atoms with van der Waals surface area (Å²) in [6.45, 7) is 6.67.